The Balaban J connectivity index is 0.995. The van der Waals surface area contributed by atoms with Crippen molar-refractivity contribution < 1.29 is 33.7 Å². The quantitative estimate of drug-likeness (QED) is 0.106. The summed E-state index contributed by atoms with van der Waals surface area (Å²) in [7, 11) is 0. The van der Waals surface area contributed by atoms with E-state index in [4.69, 9.17) is 14.2 Å². The molecule has 0 aliphatic carbocycles. The van der Waals surface area contributed by atoms with Crippen LogP contribution in [0.3, 0.4) is 0 Å². The minimum atomic E-state index is -0.976. The number of carbonyl (C=O) groups excluding carboxylic acids is 3. The van der Waals surface area contributed by atoms with Gasteiger partial charge in [0.25, 0.3) is 5.91 Å². The first-order valence-corrected chi connectivity index (χ1v) is 17.9. The Morgan fingerprint density at radius 3 is 2.42 bits per heavy atom. The van der Waals surface area contributed by atoms with Gasteiger partial charge in [-0.05, 0) is 39.4 Å². The predicted molar refractivity (Wildman–Crippen MR) is 191 cm³/mol. The maximum atomic E-state index is 13.1. The summed E-state index contributed by atoms with van der Waals surface area (Å²) < 4.78 is 18.2. The van der Waals surface area contributed by atoms with E-state index in [0.717, 1.165) is 44.1 Å². The number of aliphatic hydroxyl groups excluding tert-OH is 1. The molecule has 1 unspecified atom stereocenters. The molecule has 2 saturated heterocycles. The minimum Gasteiger partial charge on any atom is -0.445 e. The van der Waals surface area contributed by atoms with Crippen LogP contribution in [0.1, 0.15) is 53.1 Å². The Labute approximate surface area is 304 Å². The fraction of sp³-hybridized carbons (Fsp3) is 0.256. The summed E-state index contributed by atoms with van der Waals surface area (Å²) in [5.41, 5.74) is 6.15. The van der Waals surface area contributed by atoms with Crippen LogP contribution in [0.4, 0.5) is 4.79 Å². The molecule has 266 valence electrons. The van der Waals surface area contributed by atoms with Crippen LogP contribution >= 0.6 is 11.8 Å². The molecule has 0 radical (unpaired) electrons. The topological polar surface area (TPSA) is 156 Å². The molecule has 2 aliphatic rings. The minimum absolute atomic E-state index is 0.0242. The van der Waals surface area contributed by atoms with Crippen molar-refractivity contribution in [3.05, 3.63) is 137 Å². The van der Waals surface area contributed by atoms with E-state index in [1.165, 1.54) is 23.0 Å². The standard InChI is InChI=1S/C39H37N5O7S/c45-21-25-9-11-29(12-10-25)34-18-32(23-52-38-40-24-41-43-38)50-37(51-34)30-15-13-28(14-16-30)31-8-4-7-27(17-31)20-44-35(46)19-33(36(44)47)42-39(48)49-22-26-5-2-1-3-6-26/h1-17,24,32-34,37,45H,18-23H2,(H,42,48)(H,40,41,43)/t32-,33?,34+,37+/m1/s1. The van der Waals surface area contributed by atoms with Crippen molar-refractivity contribution in [2.75, 3.05) is 5.75 Å². The van der Waals surface area contributed by atoms with Gasteiger partial charge in [0, 0.05) is 17.7 Å². The van der Waals surface area contributed by atoms with Gasteiger partial charge in [0.05, 0.1) is 31.8 Å². The highest BCUT2D eigenvalue weighted by molar-refractivity contribution is 7.99. The highest BCUT2D eigenvalue weighted by atomic mass is 32.2. The number of aromatic amines is 1. The molecule has 2 fully saturated rings. The number of alkyl carbamates (subject to hydrolysis) is 1. The van der Waals surface area contributed by atoms with Gasteiger partial charge in [-0.1, -0.05) is 109 Å². The third-order valence-corrected chi connectivity index (χ3v) is 9.96. The van der Waals surface area contributed by atoms with Crippen LogP contribution in [0, 0.1) is 0 Å². The van der Waals surface area contributed by atoms with E-state index in [2.05, 4.69) is 20.5 Å². The molecule has 0 saturated carbocycles. The number of hydrogen-bond donors (Lipinski definition) is 3. The van der Waals surface area contributed by atoms with Crippen molar-refractivity contribution in [3.63, 3.8) is 0 Å². The number of hydrogen-bond acceptors (Lipinski definition) is 10. The van der Waals surface area contributed by atoms with Crippen LogP contribution in [-0.4, -0.2) is 61.0 Å². The number of imide groups is 1. The van der Waals surface area contributed by atoms with Gasteiger partial charge in [-0.2, -0.15) is 5.10 Å². The van der Waals surface area contributed by atoms with Gasteiger partial charge in [0.1, 0.15) is 19.0 Å². The first-order valence-electron chi connectivity index (χ1n) is 16.9. The molecule has 4 aromatic carbocycles. The Hall–Kier alpha value is -5.34. The number of ether oxygens (including phenoxy) is 3. The van der Waals surface area contributed by atoms with E-state index in [9.17, 15) is 19.5 Å². The molecule has 3 heterocycles. The monoisotopic (exact) mass is 719 g/mol. The summed E-state index contributed by atoms with van der Waals surface area (Å²) in [6.45, 7) is 0.118. The maximum Gasteiger partial charge on any atom is 0.408 e. The van der Waals surface area contributed by atoms with Crippen molar-refractivity contribution >= 4 is 29.7 Å². The summed E-state index contributed by atoms with van der Waals surface area (Å²) in [5, 5.41) is 19.6. The number of aromatic nitrogens is 3. The SMILES string of the molecule is O=C(NC1CC(=O)N(Cc2cccc(-c3ccc([C@H]4O[C@@H](CSc5ncn[nH]5)C[C@@H](c5ccc(CO)cc5)O4)cc3)c2)C1=O)OCc1ccccc1. The molecule has 52 heavy (non-hydrogen) atoms. The highest BCUT2D eigenvalue weighted by Crippen LogP contribution is 2.39. The van der Waals surface area contributed by atoms with Crippen molar-refractivity contribution in [2.24, 2.45) is 0 Å². The van der Waals surface area contributed by atoms with Crippen molar-refractivity contribution in [1.82, 2.24) is 25.4 Å². The smallest absolute Gasteiger partial charge is 0.408 e. The van der Waals surface area contributed by atoms with E-state index in [1.54, 1.807) is 0 Å². The average molecular weight is 720 g/mol. The molecule has 3 amide bonds. The number of thioether (sulfide) groups is 1. The number of likely N-dealkylation sites (tertiary alicyclic amines) is 1. The first-order chi connectivity index (χ1) is 25.4. The average Bonchev–Trinajstić information content (AvgIpc) is 3.81. The van der Waals surface area contributed by atoms with Gasteiger partial charge in [0.15, 0.2) is 11.4 Å². The van der Waals surface area contributed by atoms with Gasteiger partial charge >= 0.3 is 6.09 Å². The van der Waals surface area contributed by atoms with Crippen LogP contribution in [0.2, 0.25) is 0 Å². The third-order valence-electron chi connectivity index (χ3n) is 8.95. The number of nitrogens with one attached hydrogen (secondary N) is 2. The van der Waals surface area contributed by atoms with Crippen molar-refractivity contribution in [1.29, 1.82) is 0 Å². The summed E-state index contributed by atoms with van der Waals surface area (Å²) >= 11 is 1.54. The predicted octanol–water partition coefficient (Wildman–Crippen LogP) is 5.86. The van der Waals surface area contributed by atoms with Crippen molar-refractivity contribution in [2.45, 2.75) is 62.3 Å². The number of H-pyrrole nitrogens is 1. The van der Waals surface area contributed by atoms with Gasteiger partial charge in [-0.25, -0.2) is 9.78 Å². The van der Waals surface area contributed by atoms with Gasteiger partial charge < -0.3 is 24.6 Å². The Bertz CT molecular complexity index is 1980. The van der Waals surface area contributed by atoms with Crippen LogP contribution < -0.4 is 5.32 Å². The number of benzene rings is 4. The maximum absolute atomic E-state index is 13.1. The molecule has 4 atom stereocenters. The van der Waals surface area contributed by atoms with Crippen molar-refractivity contribution in [3.8, 4) is 11.1 Å². The second kappa shape index (κ2) is 16.3. The molecule has 0 bridgehead atoms. The van der Waals surface area contributed by atoms with Gasteiger partial charge in [-0.15, -0.1) is 0 Å². The number of amides is 3. The van der Waals surface area contributed by atoms with E-state index in [-0.39, 0.29) is 44.3 Å². The zero-order valence-electron chi connectivity index (χ0n) is 28.1. The number of nitrogens with zero attached hydrogens (tertiary/aromatic N) is 3. The molecule has 12 nitrogen and oxygen atoms in total. The van der Waals surface area contributed by atoms with E-state index in [1.807, 2.05) is 103 Å². The molecular weight excluding hydrogens is 683 g/mol. The lowest BCUT2D eigenvalue weighted by molar-refractivity contribution is -0.245. The zero-order valence-corrected chi connectivity index (χ0v) is 28.9. The fourth-order valence-corrected chi connectivity index (χ4v) is 6.99. The summed E-state index contributed by atoms with van der Waals surface area (Å²) in [6.07, 6.45) is 0.304. The second-order valence-electron chi connectivity index (χ2n) is 12.6. The number of rotatable bonds is 12. The molecule has 3 N–H and O–H groups in total. The molecule has 0 spiro atoms. The van der Waals surface area contributed by atoms with E-state index in [0.29, 0.717) is 12.2 Å². The normalized spacial score (nSPS) is 20.2. The zero-order chi connectivity index (χ0) is 35.9. The Morgan fingerprint density at radius 1 is 0.904 bits per heavy atom. The summed E-state index contributed by atoms with van der Waals surface area (Å²) in [6, 6.07) is 31.6. The first kappa shape index (κ1) is 35.1. The van der Waals surface area contributed by atoms with Gasteiger partial charge in [-0.3, -0.25) is 19.6 Å². The molecule has 1 aromatic heterocycles. The second-order valence-corrected chi connectivity index (χ2v) is 13.6. The lowest BCUT2D eigenvalue weighted by Gasteiger charge is -2.36. The lowest BCUT2D eigenvalue weighted by atomic mass is 9.99. The number of aliphatic hydroxyl groups is 1. The summed E-state index contributed by atoms with van der Waals surface area (Å²) in [4.78, 5) is 43.7. The van der Waals surface area contributed by atoms with E-state index < -0.39 is 24.3 Å². The Kier molecular flexibility index (Phi) is 11.0. The van der Waals surface area contributed by atoms with Crippen LogP contribution in [0.25, 0.3) is 11.1 Å². The molecule has 7 rings (SSSR count). The number of carbonyl (C=O) groups is 3. The van der Waals surface area contributed by atoms with Crippen LogP contribution in [-0.2, 0) is 43.6 Å². The summed E-state index contributed by atoms with van der Waals surface area (Å²) in [5.74, 6) is -0.174. The highest BCUT2D eigenvalue weighted by Gasteiger charge is 2.40. The third kappa shape index (κ3) is 8.57. The molecule has 5 aromatic rings. The van der Waals surface area contributed by atoms with E-state index >= 15 is 0 Å². The molecule has 2 aliphatic heterocycles. The fourth-order valence-electron chi connectivity index (χ4n) is 6.19. The molecular formula is C39H37N5O7S. The largest absolute Gasteiger partial charge is 0.445 e. The van der Waals surface area contributed by atoms with Crippen LogP contribution in [0.15, 0.2) is 115 Å². The lowest BCUT2D eigenvalue weighted by Crippen LogP contribution is -2.41. The van der Waals surface area contributed by atoms with Gasteiger partial charge in [0.2, 0.25) is 5.91 Å². The molecule has 13 heteroatoms. The Morgan fingerprint density at radius 2 is 1.67 bits per heavy atom. The van der Waals surface area contributed by atoms with Crippen LogP contribution in [0.5, 0.6) is 0 Å².